The summed E-state index contributed by atoms with van der Waals surface area (Å²) in [7, 11) is 0. The molecular formula is C23H36N4O8. The molecule has 0 aliphatic heterocycles. The molecule has 0 fully saturated rings. The average molecular weight is 497 g/mol. The molecule has 0 saturated heterocycles. The van der Waals surface area contributed by atoms with Crippen LogP contribution in [-0.4, -0.2) is 80.5 Å². The zero-order valence-corrected chi connectivity index (χ0v) is 20.3. The van der Waals surface area contributed by atoms with Gasteiger partial charge < -0.3 is 42.1 Å². The van der Waals surface area contributed by atoms with Gasteiger partial charge in [0.1, 0.15) is 23.9 Å². The van der Waals surface area contributed by atoms with E-state index in [0.29, 0.717) is 5.56 Å². The number of hydrogen-bond acceptors (Lipinski definition) is 8. The van der Waals surface area contributed by atoms with Crippen LogP contribution in [0.5, 0.6) is 5.75 Å². The van der Waals surface area contributed by atoms with Crippen LogP contribution in [0.2, 0.25) is 0 Å². The van der Waals surface area contributed by atoms with Crippen molar-refractivity contribution in [3.05, 3.63) is 29.8 Å². The maximum Gasteiger partial charge on any atom is 0.326 e. The van der Waals surface area contributed by atoms with Gasteiger partial charge in [0.05, 0.1) is 18.2 Å². The third-order valence-corrected chi connectivity index (χ3v) is 5.18. The zero-order chi connectivity index (χ0) is 26.9. The maximum absolute atomic E-state index is 12.8. The molecule has 1 rings (SSSR count). The van der Waals surface area contributed by atoms with E-state index in [1.54, 1.807) is 26.0 Å². The Morgan fingerprint density at radius 3 is 1.71 bits per heavy atom. The quantitative estimate of drug-likeness (QED) is 0.161. The van der Waals surface area contributed by atoms with Crippen LogP contribution in [0.15, 0.2) is 24.3 Å². The highest BCUT2D eigenvalue weighted by atomic mass is 16.4. The average Bonchev–Trinajstić information content (AvgIpc) is 2.75. The summed E-state index contributed by atoms with van der Waals surface area (Å²) in [4.78, 5) is 49.4. The number of carboxylic acid groups (broad SMARTS) is 1. The summed E-state index contributed by atoms with van der Waals surface area (Å²) >= 11 is 0. The predicted molar refractivity (Wildman–Crippen MR) is 126 cm³/mol. The van der Waals surface area contributed by atoms with Crippen molar-refractivity contribution < 1.29 is 39.6 Å². The molecule has 6 atom stereocenters. The number of aliphatic hydroxyl groups excluding tert-OH is 2. The number of hydrogen-bond donors (Lipinski definition) is 8. The van der Waals surface area contributed by atoms with E-state index in [-0.39, 0.29) is 24.5 Å². The van der Waals surface area contributed by atoms with E-state index in [1.165, 1.54) is 26.0 Å². The van der Waals surface area contributed by atoms with Crippen LogP contribution >= 0.6 is 0 Å². The molecule has 0 aliphatic rings. The molecule has 0 spiro atoms. The van der Waals surface area contributed by atoms with E-state index < -0.39 is 60.1 Å². The van der Waals surface area contributed by atoms with Crippen molar-refractivity contribution in [3.8, 4) is 5.75 Å². The second kappa shape index (κ2) is 13.6. The number of carbonyl (C=O) groups is 4. The van der Waals surface area contributed by atoms with Crippen LogP contribution in [0, 0.1) is 5.92 Å². The normalized spacial score (nSPS) is 16.3. The third kappa shape index (κ3) is 9.89. The molecule has 0 heterocycles. The summed E-state index contributed by atoms with van der Waals surface area (Å²) in [5.74, 6) is -3.91. The molecule has 1 aromatic carbocycles. The fourth-order valence-corrected chi connectivity index (χ4v) is 3.25. The smallest absolute Gasteiger partial charge is 0.326 e. The minimum absolute atomic E-state index is 0.0448. The van der Waals surface area contributed by atoms with Crippen molar-refractivity contribution in [1.82, 2.24) is 16.0 Å². The Kier molecular flexibility index (Phi) is 11.6. The summed E-state index contributed by atoms with van der Waals surface area (Å²) in [6, 6.07) is 0.664. The number of rotatable bonds is 13. The van der Waals surface area contributed by atoms with Crippen molar-refractivity contribution in [3.63, 3.8) is 0 Å². The molecule has 6 unspecified atom stereocenters. The number of phenolic OH excluding ortho intramolecular Hbond substituents is 1. The Labute approximate surface area is 203 Å². The minimum Gasteiger partial charge on any atom is -0.508 e. The molecule has 3 amide bonds. The molecule has 196 valence electrons. The Morgan fingerprint density at radius 1 is 0.829 bits per heavy atom. The van der Waals surface area contributed by atoms with Crippen molar-refractivity contribution in [2.45, 2.75) is 76.9 Å². The maximum atomic E-state index is 12.8. The van der Waals surface area contributed by atoms with Crippen LogP contribution in [0.3, 0.4) is 0 Å². The standard InChI is InChI=1S/C23H36N4O8/c1-11(2)9-17(23(34)35)25-21(32)18(12(3)28)27-22(33)19(13(4)29)26-20(31)16(24)10-14-5-7-15(30)8-6-14/h5-8,11-13,16-19,28-30H,9-10,24H2,1-4H3,(H,25,32)(H,26,31)(H,27,33)(H,34,35). The van der Waals surface area contributed by atoms with Gasteiger partial charge in [0.15, 0.2) is 0 Å². The number of phenols is 1. The van der Waals surface area contributed by atoms with Gasteiger partial charge in [0.25, 0.3) is 0 Å². The molecule has 9 N–H and O–H groups in total. The Hall–Kier alpha value is -3.22. The largest absolute Gasteiger partial charge is 0.508 e. The van der Waals surface area contributed by atoms with Gasteiger partial charge in [0, 0.05) is 0 Å². The van der Waals surface area contributed by atoms with Gasteiger partial charge in [-0.1, -0.05) is 26.0 Å². The predicted octanol–water partition coefficient (Wildman–Crippen LogP) is -1.39. The number of amides is 3. The summed E-state index contributed by atoms with van der Waals surface area (Å²) in [6.45, 7) is 6.03. The van der Waals surface area contributed by atoms with Gasteiger partial charge in [-0.2, -0.15) is 0 Å². The van der Waals surface area contributed by atoms with E-state index in [2.05, 4.69) is 16.0 Å². The highest BCUT2D eigenvalue weighted by molar-refractivity contribution is 5.94. The van der Waals surface area contributed by atoms with Crippen molar-refractivity contribution >= 4 is 23.7 Å². The molecule has 0 aliphatic carbocycles. The van der Waals surface area contributed by atoms with E-state index in [0.717, 1.165) is 0 Å². The first-order valence-corrected chi connectivity index (χ1v) is 11.3. The first kappa shape index (κ1) is 29.8. The molecule has 0 radical (unpaired) electrons. The molecule has 12 nitrogen and oxygen atoms in total. The Balaban J connectivity index is 2.88. The van der Waals surface area contributed by atoms with Gasteiger partial charge >= 0.3 is 5.97 Å². The van der Waals surface area contributed by atoms with Crippen LogP contribution in [0.1, 0.15) is 39.7 Å². The number of benzene rings is 1. The number of nitrogens with one attached hydrogen (secondary N) is 3. The number of nitrogens with two attached hydrogens (primary N) is 1. The van der Waals surface area contributed by atoms with E-state index >= 15 is 0 Å². The summed E-state index contributed by atoms with van der Waals surface area (Å²) in [6.07, 6.45) is -2.57. The lowest BCUT2D eigenvalue weighted by molar-refractivity contribution is -0.143. The molecule has 0 bridgehead atoms. The summed E-state index contributed by atoms with van der Waals surface area (Å²) in [5.41, 5.74) is 6.57. The van der Waals surface area contributed by atoms with Crippen LogP contribution < -0.4 is 21.7 Å². The van der Waals surface area contributed by atoms with E-state index in [1.807, 2.05) is 0 Å². The lowest BCUT2D eigenvalue weighted by Gasteiger charge is -2.27. The van der Waals surface area contributed by atoms with E-state index in [4.69, 9.17) is 5.73 Å². The monoisotopic (exact) mass is 496 g/mol. The SMILES string of the molecule is CC(C)CC(NC(=O)C(NC(=O)C(NC(=O)C(N)Cc1ccc(O)cc1)C(C)O)C(C)O)C(=O)O. The fourth-order valence-electron chi connectivity index (χ4n) is 3.25. The summed E-state index contributed by atoms with van der Waals surface area (Å²) < 4.78 is 0. The highest BCUT2D eigenvalue weighted by Gasteiger charge is 2.34. The topological polar surface area (TPSA) is 211 Å². The van der Waals surface area contributed by atoms with Gasteiger partial charge in [0.2, 0.25) is 17.7 Å². The van der Waals surface area contributed by atoms with Crippen LogP contribution in [0.25, 0.3) is 0 Å². The number of carboxylic acids is 1. The molecule has 0 saturated carbocycles. The van der Waals surface area contributed by atoms with Gasteiger partial charge in [-0.3, -0.25) is 14.4 Å². The number of aliphatic carboxylic acids is 1. The molecule has 12 heteroatoms. The van der Waals surface area contributed by atoms with Crippen LogP contribution in [-0.2, 0) is 25.6 Å². The number of aliphatic hydroxyl groups is 2. The lowest BCUT2D eigenvalue weighted by Crippen LogP contribution is -2.62. The second-order valence-corrected chi connectivity index (χ2v) is 8.96. The van der Waals surface area contributed by atoms with Crippen LogP contribution in [0.4, 0.5) is 0 Å². The van der Waals surface area contributed by atoms with Gasteiger partial charge in [-0.05, 0) is 50.3 Å². The summed E-state index contributed by atoms with van der Waals surface area (Å²) in [5, 5.41) is 45.6. The highest BCUT2D eigenvalue weighted by Crippen LogP contribution is 2.11. The molecular weight excluding hydrogens is 460 g/mol. The zero-order valence-electron chi connectivity index (χ0n) is 20.3. The van der Waals surface area contributed by atoms with Crippen molar-refractivity contribution in [2.24, 2.45) is 11.7 Å². The lowest BCUT2D eigenvalue weighted by atomic mass is 10.0. The van der Waals surface area contributed by atoms with Crippen molar-refractivity contribution in [1.29, 1.82) is 0 Å². The van der Waals surface area contributed by atoms with E-state index in [9.17, 15) is 39.6 Å². The van der Waals surface area contributed by atoms with Gasteiger partial charge in [-0.25, -0.2) is 4.79 Å². The fraction of sp³-hybridized carbons (Fsp3) is 0.565. The third-order valence-electron chi connectivity index (χ3n) is 5.18. The Morgan fingerprint density at radius 2 is 1.29 bits per heavy atom. The minimum atomic E-state index is -1.54. The van der Waals surface area contributed by atoms with Crippen molar-refractivity contribution in [2.75, 3.05) is 0 Å². The second-order valence-electron chi connectivity index (χ2n) is 8.96. The Bertz CT molecular complexity index is 873. The molecule has 0 aromatic heterocycles. The first-order chi connectivity index (χ1) is 16.2. The molecule has 1 aromatic rings. The first-order valence-electron chi connectivity index (χ1n) is 11.3. The van der Waals surface area contributed by atoms with Gasteiger partial charge in [-0.15, -0.1) is 0 Å². The molecule has 35 heavy (non-hydrogen) atoms. The number of carbonyl (C=O) groups excluding carboxylic acids is 3. The number of aromatic hydroxyl groups is 1.